The molecule has 0 saturated heterocycles. The van der Waals surface area contributed by atoms with Crippen molar-refractivity contribution in [1.82, 2.24) is 4.90 Å². The highest BCUT2D eigenvalue weighted by atomic mass is 16.5. The molecule has 6 nitrogen and oxygen atoms in total. The smallest absolute Gasteiger partial charge is 0.161 e. The lowest BCUT2D eigenvalue weighted by molar-refractivity contribution is -0.128. The van der Waals surface area contributed by atoms with Crippen molar-refractivity contribution >= 4 is 11.6 Å². The average Bonchev–Trinajstić information content (AvgIpc) is 3.58. The van der Waals surface area contributed by atoms with Crippen LogP contribution in [-0.2, 0) is 32.2 Å². The van der Waals surface area contributed by atoms with Crippen LogP contribution in [0.5, 0.6) is 0 Å². The van der Waals surface area contributed by atoms with Gasteiger partial charge in [0.25, 0.3) is 0 Å². The van der Waals surface area contributed by atoms with Gasteiger partial charge in [0.1, 0.15) is 13.2 Å². The van der Waals surface area contributed by atoms with Gasteiger partial charge in [-0.3, -0.25) is 14.5 Å². The van der Waals surface area contributed by atoms with Gasteiger partial charge in [0.15, 0.2) is 11.6 Å². The zero-order chi connectivity index (χ0) is 28.9. The van der Waals surface area contributed by atoms with Crippen LogP contribution in [0.25, 0.3) is 0 Å². The van der Waals surface area contributed by atoms with Crippen molar-refractivity contribution < 1.29 is 19.1 Å². The Bertz CT molecular complexity index is 974. The second-order valence-corrected chi connectivity index (χ2v) is 11.6. The predicted octanol–water partition coefficient (Wildman–Crippen LogP) is 5.67. The molecular weight excluding hydrogens is 500 g/mol. The number of Topliss-reactive ketones (excluding diaryl/α,β-unsaturated/α-hetero) is 2. The molecule has 0 spiro atoms. The monoisotopic (exact) mass is 550 g/mol. The van der Waals surface area contributed by atoms with Crippen LogP contribution in [-0.4, -0.2) is 56.0 Å². The first kappa shape index (κ1) is 32.1. The number of carbonyl (C=O) groups is 2. The largest absolute Gasteiger partial charge is 0.377 e. The van der Waals surface area contributed by atoms with Gasteiger partial charge in [-0.25, -0.2) is 0 Å². The van der Waals surface area contributed by atoms with Gasteiger partial charge in [0, 0.05) is 51.2 Å². The van der Waals surface area contributed by atoms with Crippen LogP contribution in [0.1, 0.15) is 63.5 Å². The zero-order valence-corrected chi connectivity index (χ0v) is 25.0. The Morgan fingerprint density at radius 1 is 0.725 bits per heavy atom. The number of carbonyl (C=O) groups excluding carboxylic acids is 2. The number of hydrogen-bond donors (Lipinski definition) is 1. The fourth-order valence-electron chi connectivity index (χ4n) is 6.70. The molecule has 2 aliphatic rings. The molecule has 2 saturated carbocycles. The van der Waals surface area contributed by atoms with E-state index < -0.39 is 0 Å². The van der Waals surface area contributed by atoms with Gasteiger partial charge in [0.2, 0.25) is 0 Å². The highest BCUT2D eigenvalue weighted by Crippen LogP contribution is 2.39. The lowest BCUT2D eigenvalue weighted by Gasteiger charge is -2.29. The number of ketones is 2. The first-order valence-electron chi connectivity index (χ1n) is 15.0. The summed E-state index contributed by atoms with van der Waals surface area (Å²) in [5.74, 6) is 1.73. The Morgan fingerprint density at radius 2 is 1.18 bits per heavy atom. The van der Waals surface area contributed by atoms with E-state index in [1.807, 2.05) is 0 Å². The van der Waals surface area contributed by atoms with Crippen molar-refractivity contribution in [2.45, 2.75) is 77.5 Å². The quantitative estimate of drug-likeness (QED) is 0.346. The number of ether oxygens (including phenoxy) is 2. The zero-order valence-electron chi connectivity index (χ0n) is 25.0. The van der Waals surface area contributed by atoms with Crippen molar-refractivity contribution in [3.05, 3.63) is 71.8 Å². The molecule has 0 aromatic heterocycles. The molecule has 0 amide bonds. The summed E-state index contributed by atoms with van der Waals surface area (Å²) < 4.78 is 9.99. The van der Waals surface area contributed by atoms with Crippen LogP contribution in [0.2, 0.25) is 0 Å². The van der Waals surface area contributed by atoms with Gasteiger partial charge in [0.05, 0.1) is 0 Å². The Balaban J connectivity index is 0.000000285. The molecule has 0 radical (unpaired) electrons. The van der Waals surface area contributed by atoms with E-state index in [0.29, 0.717) is 17.9 Å². The minimum absolute atomic E-state index is 0.133. The van der Waals surface area contributed by atoms with Crippen LogP contribution in [0.3, 0.4) is 0 Å². The molecular formula is C34H50N2O4. The second-order valence-electron chi connectivity index (χ2n) is 11.6. The molecule has 6 atom stereocenters. The maximum atomic E-state index is 12.6. The van der Waals surface area contributed by atoms with Crippen LogP contribution < -0.4 is 5.73 Å². The van der Waals surface area contributed by atoms with E-state index in [1.165, 1.54) is 11.1 Å². The standard InChI is InChI=1S/C24H31NO2.C10H19NO2/c1-3-21-14-22(15-23(21)24(26)18-27-2)25(16-19-10-6-4-7-11-19)17-20-12-8-5-9-13-20;1-3-7-4-8(11)5-9(7)10(12)6-13-2/h4-13,21-23H,3,14-18H2,1-2H3;7-9H,3-6,11H2,1-2H3. The summed E-state index contributed by atoms with van der Waals surface area (Å²) >= 11 is 0. The van der Waals surface area contributed by atoms with Gasteiger partial charge in [-0.05, 0) is 48.6 Å². The van der Waals surface area contributed by atoms with E-state index in [0.717, 1.165) is 51.6 Å². The minimum Gasteiger partial charge on any atom is -0.377 e. The first-order chi connectivity index (χ1) is 19.4. The molecule has 2 aromatic carbocycles. The SMILES string of the molecule is CCC1CC(N(Cc2ccccc2)Cc2ccccc2)CC1C(=O)COC.CCC1CC(N)CC1C(=O)COC. The molecule has 2 fully saturated rings. The summed E-state index contributed by atoms with van der Waals surface area (Å²) in [5.41, 5.74) is 8.49. The fraction of sp³-hybridized carbons (Fsp3) is 0.588. The average molecular weight is 551 g/mol. The van der Waals surface area contributed by atoms with Crippen molar-refractivity contribution in [3.63, 3.8) is 0 Å². The fourth-order valence-corrected chi connectivity index (χ4v) is 6.70. The van der Waals surface area contributed by atoms with Gasteiger partial charge >= 0.3 is 0 Å². The molecule has 2 N–H and O–H groups in total. The van der Waals surface area contributed by atoms with Crippen LogP contribution in [0, 0.1) is 23.7 Å². The summed E-state index contributed by atoms with van der Waals surface area (Å²) in [4.78, 5) is 26.7. The topological polar surface area (TPSA) is 81.9 Å². The van der Waals surface area contributed by atoms with Crippen molar-refractivity contribution in [2.75, 3.05) is 27.4 Å². The predicted molar refractivity (Wildman–Crippen MR) is 161 cm³/mol. The first-order valence-corrected chi connectivity index (χ1v) is 15.0. The van der Waals surface area contributed by atoms with Gasteiger partial charge < -0.3 is 15.2 Å². The van der Waals surface area contributed by atoms with Crippen molar-refractivity contribution in [2.24, 2.45) is 29.4 Å². The molecule has 0 bridgehead atoms. The lowest BCUT2D eigenvalue weighted by atomic mass is 9.90. The maximum absolute atomic E-state index is 12.6. The summed E-state index contributed by atoms with van der Waals surface area (Å²) in [5, 5.41) is 0. The summed E-state index contributed by atoms with van der Waals surface area (Å²) in [6, 6.07) is 22.0. The number of methoxy groups -OCH3 is 2. The van der Waals surface area contributed by atoms with Crippen molar-refractivity contribution in [3.8, 4) is 0 Å². The number of hydrogen-bond acceptors (Lipinski definition) is 6. The molecule has 2 aromatic rings. The molecule has 220 valence electrons. The highest BCUT2D eigenvalue weighted by molar-refractivity contribution is 5.83. The van der Waals surface area contributed by atoms with Crippen LogP contribution in [0.15, 0.2) is 60.7 Å². The molecule has 6 heteroatoms. The van der Waals surface area contributed by atoms with Crippen LogP contribution >= 0.6 is 0 Å². The van der Waals surface area contributed by atoms with Gasteiger partial charge in [-0.1, -0.05) is 87.4 Å². The summed E-state index contributed by atoms with van der Waals surface area (Å²) in [7, 11) is 3.18. The molecule has 2 aliphatic carbocycles. The molecule has 0 heterocycles. The third kappa shape index (κ3) is 9.34. The lowest BCUT2D eigenvalue weighted by Crippen LogP contribution is -2.33. The number of rotatable bonds is 13. The van der Waals surface area contributed by atoms with Crippen molar-refractivity contribution in [1.29, 1.82) is 0 Å². The van der Waals surface area contributed by atoms with E-state index >= 15 is 0 Å². The summed E-state index contributed by atoms with van der Waals surface area (Å²) in [6.45, 7) is 6.65. The Labute approximate surface area is 241 Å². The Kier molecular flexibility index (Phi) is 13.5. The number of nitrogens with two attached hydrogens (primary N) is 1. The third-order valence-corrected chi connectivity index (χ3v) is 8.82. The van der Waals surface area contributed by atoms with E-state index in [9.17, 15) is 9.59 Å². The van der Waals surface area contributed by atoms with Crippen LogP contribution in [0.4, 0.5) is 0 Å². The maximum Gasteiger partial charge on any atom is 0.161 e. The normalized spacial score (nSPS) is 25.9. The van der Waals surface area contributed by atoms with E-state index in [2.05, 4.69) is 79.4 Å². The highest BCUT2D eigenvalue weighted by Gasteiger charge is 2.39. The Hall–Kier alpha value is -2.38. The molecule has 40 heavy (non-hydrogen) atoms. The van der Waals surface area contributed by atoms with E-state index in [4.69, 9.17) is 15.2 Å². The van der Waals surface area contributed by atoms with Gasteiger partial charge in [-0.2, -0.15) is 0 Å². The number of nitrogens with zero attached hydrogens (tertiary/aromatic N) is 1. The molecule has 0 aliphatic heterocycles. The van der Waals surface area contributed by atoms with Gasteiger partial charge in [-0.15, -0.1) is 0 Å². The summed E-state index contributed by atoms with van der Waals surface area (Å²) in [6.07, 6.45) is 5.99. The van der Waals surface area contributed by atoms with E-state index in [-0.39, 0.29) is 42.7 Å². The number of benzene rings is 2. The Morgan fingerprint density at radius 3 is 1.62 bits per heavy atom. The second kappa shape index (κ2) is 16.8. The molecule has 6 unspecified atom stereocenters. The minimum atomic E-state index is 0.133. The molecule has 4 rings (SSSR count). The van der Waals surface area contributed by atoms with E-state index in [1.54, 1.807) is 14.2 Å². The third-order valence-electron chi connectivity index (χ3n) is 8.82.